The summed E-state index contributed by atoms with van der Waals surface area (Å²) in [6.07, 6.45) is -1.53. The van der Waals surface area contributed by atoms with Crippen LogP contribution in [-0.2, 0) is 6.18 Å². The molecule has 3 aromatic rings. The van der Waals surface area contributed by atoms with E-state index < -0.39 is 41.0 Å². The van der Waals surface area contributed by atoms with Crippen LogP contribution in [-0.4, -0.2) is 27.8 Å². The van der Waals surface area contributed by atoms with Crippen LogP contribution >= 0.6 is 0 Å². The summed E-state index contributed by atoms with van der Waals surface area (Å²) >= 11 is 0. The van der Waals surface area contributed by atoms with Crippen LogP contribution in [0.15, 0.2) is 24.3 Å². The van der Waals surface area contributed by atoms with E-state index in [9.17, 15) is 18.0 Å². The number of fused-ring (bicyclic) bond motifs is 1. The molecule has 176 valence electrons. The van der Waals surface area contributed by atoms with Crippen molar-refractivity contribution in [3.8, 4) is 5.75 Å². The minimum atomic E-state index is -4.74. The fourth-order valence-electron chi connectivity index (χ4n) is 4.08. The van der Waals surface area contributed by atoms with Crippen LogP contribution in [0.5, 0.6) is 5.75 Å². The first-order valence-electron chi connectivity index (χ1n) is 10.4. The highest BCUT2D eigenvalue weighted by Gasteiger charge is 2.33. The Balaban J connectivity index is 1.71. The van der Waals surface area contributed by atoms with Gasteiger partial charge in [0, 0.05) is 0 Å². The zero-order valence-electron chi connectivity index (χ0n) is 17.8. The van der Waals surface area contributed by atoms with Crippen LogP contribution in [0.3, 0.4) is 0 Å². The molecule has 4 rings (SSSR count). The Morgan fingerprint density at radius 1 is 1.18 bits per heavy atom. The second-order valence-electron chi connectivity index (χ2n) is 8.18. The van der Waals surface area contributed by atoms with E-state index in [-0.39, 0.29) is 22.6 Å². The summed E-state index contributed by atoms with van der Waals surface area (Å²) in [5.41, 5.74) is -2.29. The largest absolute Gasteiger partial charge is 0.491 e. The molecule has 1 aliphatic rings. The number of rotatable bonds is 4. The average molecular weight is 468 g/mol. The second kappa shape index (κ2) is 8.60. The summed E-state index contributed by atoms with van der Waals surface area (Å²) in [6.45, 7) is 2.12. The Labute approximate surface area is 185 Å². The van der Waals surface area contributed by atoms with Gasteiger partial charge in [-0.05, 0) is 49.8 Å². The number of ether oxygens (including phenoxy) is 1. The van der Waals surface area contributed by atoms with Crippen LogP contribution in [0, 0.1) is 17.7 Å². The Bertz CT molecular complexity index is 1200. The molecule has 0 bridgehead atoms. The highest BCUT2D eigenvalue weighted by atomic mass is 19.4. The molecule has 6 nitrogen and oxygen atoms in total. The van der Waals surface area contributed by atoms with Gasteiger partial charge in [0.15, 0.2) is 11.6 Å². The zero-order chi connectivity index (χ0) is 23.9. The van der Waals surface area contributed by atoms with Crippen molar-refractivity contribution in [1.29, 1.82) is 0 Å². The number of nitrogens with zero attached hydrogens (tertiary/aromatic N) is 3. The van der Waals surface area contributed by atoms with Gasteiger partial charge in [-0.25, -0.2) is 14.1 Å². The average Bonchev–Trinajstić information content (AvgIpc) is 3.11. The molecule has 0 saturated heterocycles. The predicted octanol–water partition coefficient (Wildman–Crippen LogP) is 5.74. The van der Waals surface area contributed by atoms with Crippen LogP contribution in [0.4, 0.5) is 27.6 Å². The normalized spacial score (nSPS) is 19.0. The number of nitrogens with one attached hydrogen (secondary N) is 1. The number of pyridine rings is 1. The molecule has 1 saturated carbocycles. The summed E-state index contributed by atoms with van der Waals surface area (Å²) in [5, 5.41) is 6.23. The van der Waals surface area contributed by atoms with Gasteiger partial charge in [0.1, 0.15) is 16.9 Å². The van der Waals surface area contributed by atoms with Crippen molar-refractivity contribution in [2.24, 2.45) is 5.92 Å². The third kappa shape index (κ3) is 4.36. The maximum Gasteiger partial charge on any atom is 0.433 e. The quantitative estimate of drug-likeness (QED) is 0.496. The predicted molar refractivity (Wildman–Crippen MR) is 110 cm³/mol. The molecule has 33 heavy (non-hydrogen) atoms. The Hall–Kier alpha value is -3.24. The molecule has 0 aliphatic heterocycles. The molecule has 0 unspecified atom stereocenters. The van der Waals surface area contributed by atoms with Crippen LogP contribution in [0.2, 0.25) is 0 Å². The fourth-order valence-corrected chi connectivity index (χ4v) is 4.08. The summed E-state index contributed by atoms with van der Waals surface area (Å²) in [5.74, 6) is -2.66. The summed E-state index contributed by atoms with van der Waals surface area (Å²) < 4.78 is 75.3. The lowest BCUT2D eigenvalue weighted by molar-refractivity contribution is -0.141. The van der Waals surface area contributed by atoms with E-state index >= 15 is 8.78 Å². The Kier molecular flexibility index (Phi) is 5.98. The number of hydrogen-bond donors (Lipinski definition) is 1. The molecule has 1 aliphatic carbocycles. The number of benzene rings is 1. The molecular weight excluding hydrogens is 447 g/mol. The number of amides is 1. The fraction of sp³-hybridized carbons (Fsp3) is 0.409. The molecule has 1 N–H and O–H groups in total. The molecule has 2 heterocycles. The van der Waals surface area contributed by atoms with E-state index in [1.54, 1.807) is 0 Å². The highest BCUT2D eigenvalue weighted by molar-refractivity contribution is 6.05. The number of carbonyl (C=O) groups excluding carboxylic acids is 1. The van der Waals surface area contributed by atoms with Crippen molar-refractivity contribution in [3.05, 3.63) is 47.4 Å². The van der Waals surface area contributed by atoms with Gasteiger partial charge < -0.3 is 10.1 Å². The molecule has 2 aromatic heterocycles. The summed E-state index contributed by atoms with van der Waals surface area (Å²) in [7, 11) is 1.15. The van der Waals surface area contributed by atoms with Crippen molar-refractivity contribution in [1.82, 2.24) is 14.8 Å². The third-order valence-electron chi connectivity index (χ3n) is 5.88. The number of carbonyl (C=O) groups is 1. The monoisotopic (exact) mass is 468 g/mol. The SMILES string of the molecule is COc1c(NC(=O)c2cccc(C(F)(F)F)n2)cc2c(F)n(C3CCC(C)CC3)nc2c1F. The van der Waals surface area contributed by atoms with E-state index in [1.807, 2.05) is 0 Å². The zero-order valence-corrected chi connectivity index (χ0v) is 17.8. The number of anilines is 1. The molecule has 1 fully saturated rings. The first kappa shape index (κ1) is 22.9. The molecule has 0 radical (unpaired) electrons. The number of aromatic nitrogens is 3. The highest BCUT2D eigenvalue weighted by Crippen LogP contribution is 2.38. The summed E-state index contributed by atoms with van der Waals surface area (Å²) in [4.78, 5) is 15.9. The van der Waals surface area contributed by atoms with Crippen molar-refractivity contribution in [3.63, 3.8) is 0 Å². The third-order valence-corrected chi connectivity index (χ3v) is 5.88. The van der Waals surface area contributed by atoms with Crippen LogP contribution in [0.1, 0.15) is 54.8 Å². The first-order valence-corrected chi connectivity index (χ1v) is 10.4. The van der Waals surface area contributed by atoms with E-state index in [2.05, 4.69) is 22.3 Å². The minimum Gasteiger partial charge on any atom is -0.491 e. The molecule has 11 heteroatoms. The second-order valence-corrected chi connectivity index (χ2v) is 8.18. The number of hydrogen-bond acceptors (Lipinski definition) is 4. The van der Waals surface area contributed by atoms with E-state index in [0.717, 1.165) is 44.2 Å². The van der Waals surface area contributed by atoms with Crippen molar-refractivity contribution in [2.75, 3.05) is 12.4 Å². The first-order chi connectivity index (χ1) is 15.6. The van der Waals surface area contributed by atoms with Gasteiger partial charge in [-0.1, -0.05) is 13.0 Å². The van der Waals surface area contributed by atoms with Gasteiger partial charge in [-0.3, -0.25) is 4.79 Å². The maximum absolute atomic E-state index is 15.2. The van der Waals surface area contributed by atoms with E-state index in [4.69, 9.17) is 4.74 Å². The Morgan fingerprint density at radius 2 is 1.88 bits per heavy atom. The van der Waals surface area contributed by atoms with E-state index in [1.165, 1.54) is 4.68 Å². The lowest BCUT2D eigenvalue weighted by Gasteiger charge is -2.26. The van der Waals surface area contributed by atoms with Gasteiger partial charge in [0.05, 0.1) is 24.2 Å². The molecule has 0 spiro atoms. The lowest BCUT2D eigenvalue weighted by atomic mass is 9.87. The van der Waals surface area contributed by atoms with Gasteiger partial charge in [0.25, 0.3) is 5.91 Å². The van der Waals surface area contributed by atoms with Gasteiger partial charge in [-0.2, -0.15) is 22.7 Å². The lowest BCUT2D eigenvalue weighted by Crippen LogP contribution is -2.19. The molecular formula is C22H21F5N4O2. The molecule has 0 atom stereocenters. The van der Waals surface area contributed by atoms with Gasteiger partial charge in [-0.15, -0.1) is 0 Å². The van der Waals surface area contributed by atoms with E-state index in [0.29, 0.717) is 18.8 Å². The molecule has 1 amide bonds. The maximum atomic E-state index is 15.2. The topological polar surface area (TPSA) is 69.0 Å². The molecule has 1 aromatic carbocycles. The number of halogens is 5. The smallest absolute Gasteiger partial charge is 0.433 e. The number of alkyl halides is 3. The number of methoxy groups -OCH3 is 1. The van der Waals surface area contributed by atoms with Crippen molar-refractivity contribution < 1.29 is 31.5 Å². The van der Waals surface area contributed by atoms with Gasteiger partial charge in [0.2, 0.25) is 5.95 Å². The Morgan fingerprint density at radius 3 is 2.52 bits per heavy atom. The minimum absolute atomic E-state index is 0.167. The van der Waals surface area contributed by atoms with Crippen molar-refractivity contribution in [2.45, 2.75) is 44.8 Å². The van der Waals surface area contributed by atoms with Crippen LogP contribution in [0.25, 0.3) is 10.9 Å². The van der Waals surface area contributed by atoms with Crippen molar-refractivity contribution >= 4 is 22.5 Å². The van der Waals surface area contributed by atoms with Crippen LogP contribution < -0.4 is 10.1 Å². The standard InChI is InChI=1S/C22H21F5N4O2/c1-11-6-8-12(9-7-11)31-20(24)13-10-15(19(33-2)17(23)18(13)30-31)29-21(32)14-4-3-5-16(28-14)22(25,26)27/h3-5,10-12H,6-9H2,1-2H3,(H,29,32). The summed E-state index contributed by atoms with van der Waals surface area (Å²) in [6, 6.07) is 3.77. The van der Waals surface area contributed by atoms with Gasteiger partial charge >= 0.3 is 6.18 Å².